The maximum absolute atomic E-state index is 11.9. The fourth-order valence-corrected chi connectivity index (χ4v) is 1.45. The summed E-state index contributed by atoms with van der Waals surface area (Å²) in [6.45, 7) is -1.53. The van der Waals surface area contributed by atoms with Gasteiger partial charge in [-0.15, -0.1) is 0 Å². The number of aromatic carboxylic acids is 1. The summed E-state index contributed by atoms with van der Waals surface area (Å²) >= 11 is 5.62. The summed E-state index contributed by atoms with van der Waals surface area (Å²) in [4.78, 5) is 22.1. The first-order valence-electron chi connectivity index (χ1n) is 4.84. The highest BCUT2D eigenvalue weighted by atomic mass is 35.5. The van der Waals surface area contributed by atoms with Gasteiger partial charge in [-0.1, -0.05) is 17.7 Å². The molecule has 0 bridgehead atoms. The first-order valence-corrected chi connectivity index (χ1v) is 5.22. The topological polar surface area (TPSA) is 78.4 Å². The Morgan fingerprint density at radius 3 is 2.47 bits per heavy atom. The van der Waals surface area contributed by atoms with Crippen LogP contribution >= 0.6 is 11.6 Å². The van der Waals surface area contributed by atoms with Crippen LogP contribution in [-0.4, -0.2) is 29.8 Å². The molecule has 0 unspecified atom stereocenters. The van der Waals surface area contributed by atoms with E-state index in [0.29, 0.717) is 0 Å². The Morgan fingerprint density at radius 1 is 1.32 bits per heavy atom. The van der Waals surface area contributed by atoms with Gasteiger partial charge in [0.25, 0.3) is 0 Å². The molecule has 19 heavy (non-hydrogen) atoms. The lowest BCUT2D eigenvalue weighted by Gasteiger charge is -2.12. The van der Waals surface area contributed by atoms with Gasteiger partial charge in [0.2, 0.25) is 0 Å². The molecule has 0 atom stereocenters. The Hall–Kier alpha value is -1.96. The van der Waals surface area contributed by atoms with Crippen LogP contribution in [0.25, 0.3) is 0 Å². The van der Waals surface area contributed by atoms with Gasteiger partial charge in [0.15, 0.2) is 0 Å². The first kappa shape index (κ1) is 15.1. The van der Waals surface area contributed by atoms with Crippen LogP contribution < -0.4 is 10.6 Å². The molecule has 0 aliphatic rings. The van der Waals surface area contributed by atoms with Crippen molar-refractivity contribution in [1.29, 1.82) is 0 Å². The fraction of sp³-hybridized carbons (Fsp3) is 0.200. The SMILES string of the molecule is O=C(NCC(F)(F)F)Nc1cccc(Cl)c1C(=O)O. The lowest BCUT2D eigenvalue weighted by Crippen LogP contribution is -2.36. The summed E-state index contributed by atoms with van der Waals surface area (Å²) in [5.41, 5.74) is -0.592. The van der Waals surface area contributed by atoms with E-state index in [9.17, 15) is 22.8 Å². The smallest absolute Gasteiger partial charge is 0.405 e. The zero-order chi connectivity index (χ0) is 14.6. The van der Waals surface area contributed by atoms with Crippen molar-refractivity contribution in [3.05, 3.63) is 28.8 Å². The van der Waals surface area contributed by atoms with Crippen molar-refractivity contribution in [1.82, 2.24) is 5.32 Å². The van der Waals surface area contributed by atoms with E-state index in [2.05, 4.69) is 0 Å². The summed E-state index contributed by atoms with van der Waals surface area (Å²) in [5, 5.41) is 12.3. The molecule has 0 saturated carbocycles. The van der Waals surface area contributed by atoms with Crippen LogP contribution in [0.4, 0.5) is 23.7 Å². The number of urea groups is 1. The van der Waals surface area contributed by atoms with Gasteiger partial charge in [-0.3, -0.25) is 0 Å². The number of rotatable bonds is 3. The van der Waals surface area contributed by atoms with Gasteiger partial charge in [0.1, 0.15) is 12.1 Å². The van der Waals surface area contributed by atoms with Crippen LogP contribution in [0.5, 0.6) is 0 Å². The number of hydrogen-bond donors (Lipinski definition) is 3. The van der Waals surface area contributed by atoms with Gasteiger partial charge in [-0.25, -0.2) is 9.59 Å². The van der Waals surface area contributed by atoms with Crippen LogP contribution in [0.3, 0.4) is 0 Å². The molecule has 1 aromatic rings. The van der Waals surface area contributed by atoms with E-state index in [0.717, 1.165) is 0 Å². The second-order valence-corrected chi connectivity index (χ2v) is 3.80. The minimum atomic E-state index is -4.55. The van der Waals surface area contributed by atoms with E-state index in [4.69, 9.17) is 16.7 Å². The maximum atomic E-state index is 11.9. The number of carboxylic acid groups (broad SMARTS) is 1. The Labute approximate surface area is 110 Å². The molecule has 1 rings (SSSR count). The largest absolute Gasteiger partial charge is 0.478 e. The average Bonchev–Trinajstić information content (AvgIpc) is 2.25. The average molecular weight is 297 g/mol. The van der Waals surface area contributed by atoms with Crippen LogP contribution in [0.15, 0.2) is 18.2 Å². The number of carbonyl (C=O) groups is 2. The standard InChI is InChI=1S/C10H8ClF3N2O3/c11-5-2-1-3-6(7(5)8(17)18)16-9(19)15-4-10(12,13)14/h1-3H,4H2,(H,17,18)(H2,15,16,19). The van der Waals surface area contributed by atoms with Gasteiger partial charge < -0.3 is 15.7 Å². The molecule has 9 heteroatoms. The van der Waals surface area contributed by atoms with E-state index in [1.807, 2.05) is 5.32 Å². The molecule has 0 radical (unpaired) electrons. The third kappa shape index (κ3) is 4.66. The van der Waals surface area contributed by atoms with Gasteiger partial charge in [0.05, 0.1) is 10.7 Å². The van der Waals surface area contributed by atoms with E-state index >= 15 is 0 Å². The van der Waals surface area contributed by atoms with Crippen LogP contribution in [-0.2, 0) is 0 Å². The zero-order valence-electron chi connectivity index (χ0n) is 9.21. The molecule has 3 N–H and O–H groups in total. The molecule has 0 aliphatic carbocycles. The molecule has 2 amide bonds. The van der Waals surface area contributed by atoms with Crippen molar-refractivity contribution in [2.75, 3.05) is 11.9 Å². The number of carbonyl (C=O) groups excluding carboxylic acids is 1. The molecule has 0 fully saturated rings. The van der Waals surface area contributed by atoms with Gasteiger partial charge in [-0.05, 0) is 12.1 Å². The number of alkyl halides is 3. The second-order valence-electron chi connectivity index (χ2n) is 3.39. The highest BCUT2D eigenvalue weighted by Crippen LogP contribution is 2.24. The van der Waals surface area contributed by atoms with Gasteiger partial charge in [0, 0.05) is 0 Å². The number of nitrogens with one attached hydrogen (secondary N) is 2. The Bertz CT molecular complexity index is 505. The minimum absolute atomic E-state index is 0.138. The Kier molecular flexibility index (Phi) is 4.60. The number of hydrogen-bond acceptors (Lipinski definition) is 2. The number of halogens is 4. The van der Waals surface area contributed by atoms with Crippen molar-refractivity contribution in [2.24, 2.45) is 0 Å². The molecule has 5 nitrogen and oxygen atoms in total. The lowest BCUT2D eigenvalue weighted by molar-refractivity contribution is -0.122. The van der Waals surface area contributed by atoms with Crippen molar-refractivity contribution in [3.63, 3.8) is 0 Å². The monoisotopic (exact) mass is 296 g/mol. The second kappa shape index (κ2) is 5.79. The molecule has 0 spiro atoms. The zero-order valence-corrected chi connectivity index (χ0v) is 9.97. The van der Waals surface area contributed by atoms with E-state index in [1.54, 1.807) is 5.32 Å². The normalized spacial score (nSPS) is 10.9. The molecule has 0 heterocycles. The summed E-state index contributed by atoms with van der Waals surface area (Å²) < 4.78 is 35.6. The lowest BCUT2D eigenvalue weighted by atomic mass is 10.2. The number of anilines is 1. The van der Waals surface area contributed by atoms with Gasteiger partial charge in [-0.2, -0.15) is 13.2 Å². The quantitative estimate of drug-likeness (QED) is 0.802. The Morgan fingerprint density at radius 2 is 1.95 bits per heavy atom. The molecular formula is C10H8ClF3N2O3. The number of benzene rings is 1. The summed E-state index contributed by atoms with van der Waals surface area (Å²) in [7, 11) is 0. The summed E-state index contributed by atoms with van der Waals surface area (Å²) in [6.07, 6.45) is -4.55. The van der Waals surface area contributed by atoms with Crippen LogP contribution in [0, 0.1) is 0 Å². The third-order valence-electron chi connectivity index (χ3n) is 1.93. The Balaban J connectivity index is 2.80. The predicted octanol–water partition coefficient (Wildman–Crippen LogP) is 2.72. The van der Waals surface area contributed by atoms with Crippen molar-refractivity contribution >= 4 is 29.3 Å². The molecule has 0 aromatic heterocycles. The third-order valence-corrected chi connectivity index (χ3v) is 2.24. The van der Waals surface area contributed by atoms with Crippen molar-refractivity contribution in [3.8, 4) is 0 Å². The van der Waals surface area contributed by atoms with Crippen molar-refractivity contribution < 1.29 is 27.9 Å². The van der Waals surface area contributed by atoms with E-state index < -0.39 is 30.3 Å². The summed E-state index contributed by atoms with van der Waals surface area (Å²) in [5.74, 6) is -1.41. The highest BCUT2D eigenvalue weighted by molar-refractivity contribution is 6.34. The summed E-state index contributed by atoms with van der Waals surface area (Å²) in [6, 6.07) is 2.67. The number of carboxylic acids is 1. The molecule has 0 aliphatic heterocycles. The number of amides is 2. The molecular weight excluding hydrogens is 289 g/mol. The van der Waals surface area contributed by atoms with E-state index in [-0.39, 0.29) is 10.7 Å². The van der Waals surface area contributed by atoms with Gasteiger partial charge >= 0.3 is 18.2 Å². The molecule has 104 valence electrons. The maximum Gasteiger partial charge on any atom is 0.405 e. The fourth-order valence-electron chi connectivity index (χ4n) is 1.19. The van der Waals surface area contributed by atoms with Crippen LogP contribution in [0.1, 0.15) is 10.4 Å². The predicted molar refractivity (Wildman–Crippen MR) is 61.5 cm³/mol. The highest BCUT2D eigenvalue weighted by Gasteiger charge is 2.28. The molecule has 0 saturated heterocycles. The van der Waals surface area contributed by atoms with E-state index in [1.165, 1.54) is 18.2 Å². The minimum Gasteiger partial charge on any atom is -0.478 e. The van der Waals surface area contributed by atoms with Crippen molar-refractivity contribution in [2.45, 2.75) is 6.18 Å². The first-order chi connectivity index (χ1) is 8.70. The molecule has 1 aromatic carbocycles. The van der Waals surface area contributed by atoms with Crippen LogP contribution in [0.2, 0.25) is 5.02 Å².